The van der Waals surface area contributed by atoms with Gasteiger partial charge in [0, 0.05) is 0 Å². The standard InChI is InChI=1S/C6H10N2O2/c1-4(2)5-3-10-6(7-5)8-9/h3-4,9H,1-2H3,(H,7,8). The van der Waals surface area contributed by atoms with Gasteiger partial charge in [0.15, 0.2) is 0 Å². The van der Waals surface area contributed by atoms with Crippen LogP contribution < -0.4 is 5.48 Å². The van der Waals surface area contributed by atoms with E-state index in [0.717, 1.165) is 5.69 Å². The van der Waals surface area contributed by atoms with Crippen LogP contribution in [0.2, 0.25) is 0 Å². The molecule has 1 heterocycles. The molecule has 0 aliphatic carbocycles. The number of nitrogens with one attached hydrogen (secondary N) is 1. The first-order chi connectivity index (χ1) is 4.74. The van der Waals surface area contributed by atoms with E-state index in [1.165, 1.54) is 6.26 Å². The molecule has 0 radical (unpaired) electrons. The summed E-state index contributed by atoms with van der Waals surface area (Å²) in [4.78, 5) is 3.90. The zero-order valence-corrected chi connectivity index (χ0v) is 5.96. The maximum absolute atomic E-state index is 8.33. The largest absolute Gasteiger partial charge is 0.430 e. The first-order valence-corrected chi connectivity index (χ1v) is 3.09. The van der Waals surface area contributed by atoms with E-state index < -0.39 is 0 Å². The Kier molecular flexibility index (Phi) is 1.91. The van der Waals surface area contributed by atoms with Gasteiger partial charge in [0.2, 0.25) is 0 Å². The quantitative estimate of drug-likeness (QED) is 0.616. The molecule has 0 bridgehead atoms. The fraction of sp³-hybridized carbons (Fsp3) is 0.500. The molecule has 0 aromatic carbocycles. The summed E-state index contributed by atoms with van der Waals surface area (Å²) in [5.41, 5.74) is 2.65. The Morgan fingerprint density at radius 1 is 1.70 bits per heavy atom. The molecule has 0 unspecified atom stereocenters. The average molecular weight is 142 g/mol. The van der Waals surface area contributed by atoms with Crippen LogP contribution in [0.1, 0.15) is 25.5 Å². The van der Waals surface area contributed by atoms with Gasteiger partial charge in [-0.05, 0) is 5.92 Å². The second kappa shape index (κ2) is 2.70. The summed E-state index contributed by atoms with van der Waals surface area (Å²) in [6.45, 7) is 4.00. The minimum Gasteiger partial charge on any atom is -0.430 e. The molecular formula is C6H10N2O2. The Bertz CT molecular complexity index is 207. The van der Waals surface area contributed by atoms with Gasteiger partial charge in [0.1, 0.15) is 6.26 Å². The molecule has 1 aromatic heterocycles. The zero-order valence-electron chi connectivity index (χ0n) is 5.96. The molecular weight excluding hydrogens is 132 g/mol. The molecule has 1 aromatic rings. The third kappa shape index (κ3) is 1.27. The first kappa shape index (κ1) is 7.08. The van der Waals surface area contributed by atoms with Gasteiger partial charge in [-0.2, -0.15) is 4.98 Å². The number of oxazole rings is 1. The van der Waals surface area contributed by atoms with Gasteiger partial charge in [0.05, 0.1) is 5.69 Å². The smallest absolute Gasteiger partial charge is 0.319 e. The van der Waals surface area contributed by atoms with E-state index in [4.69, 9.17) is 9.62 Å². The van der Waals surface area contributed by atoms with Gasteiger partial charge in [0.25, 0.3) is 0 Å². The van der Waals surface area contributed by atoms with Crippen molar-refractivity contribution in [3.63, 3.8) is 0 Å². The Morgan fingerprint density at radius 3 is 2.70 bits per heavy atom. The number of rotatable bonds is 2. The van der Waals surface area contributed by atoms with Gasteiger partial charge in [-0.1, -0.05) is 13.8 Å². The van der Waals surface area contributed by atoms with Crippen LogP contribution >= 0.6 is 0 Å². The number of nitrogens with zero attached hydrogens (tertiary/aromatic N) is 1. The predicted molar refractivity (Wildman–Crippen MR) is 36.0 cm³/mol. The summed E-state index contributed by atoms with van der Waals surface area (Å²) in [6, 6.07) is 0.142. The first-order valence-electron chi connectivity index (χ1n) is 3.09. The Balaban J connectivity index is 2.78. The lowest BCUT2D eigenvalue weighted by molar-refractivity contribution is 0.358. The molecule has 0 atom stereocenters. The molecule has 4 heteroatoms. The van der Waals surface area contributed by atoms with Crippen LogP contribution in [0.25, 0.3) is 0 Å². The van der Waals surface area contributed by atoms with Crippen molar-refractivity contribution in [2.45, 2.75) is 19.8 Å². The highest BCUT2D eigenvalue weighted by molar-refractivity contribution is 5.18. The fourth-order valence-electron chi connectivity index (χ4n) is 0.603. The highest BCUT2D eigenvalue weighted by Crippen LogP contribution is 2.14. The summed E-state index contributed by atoms with van der Waals surface area (Å²) < 4.78 is 4.80. The SMILES string of the molecule is CC(C)c1coc(NO)n1. The molecule has 56 valence electrons. The molecule has 0 aliphatic heterocycles. The minimum absolute atomic E-state index is 0.142. The number of aromatic nitrogens is 1. The maximum atomic E-state index is 8.33. The molecule has 4 nitrogen and oxygen atoms in total. The lowest BCUT2D eigenvalue weighted by Gasteiger charge is -1.93. The summed E-state index contributed by atoms with van der Waals surface area (Å²) >= 11 is 0. The number of hydrogen-bond donors (Lipinski definition) is 2. The van der Waals surface area contributed by atoms with Gasteiger partial charge in [-0.3, -0.25) is 5.21 Å². The van der Waals surface area contributed by atoms with Crippen molar-refractivity contribution in [2.24, 2.45) is 0 Å². The summed E-state index contributed by atoms with van der Waals surface area (Å²) in [6.07, 6.45) is 1.52. The van der Waals surface area contributed by atoms with E-state index in [1.807, 2.05) is 19.3 Å². The summed E-state index contributed by atoms with van der Waals surface area (Å²) in [7, 11) is 0. The fourth-order valence-corrected chi connectivity index (χ4v) is 0.603. The summed E-state index contributed by atoms with van der Waals surface area (Å²) in [5, 5.41) is 8.33. The van der Waals surface area contributed by atoms with Crippen molar-refractivity contribution in [3.8, 4) is 0 Å². The average Bonchev–Trinajstić information content (AvgIpc) is 2.34. The summed E-state index contributed by atoms with van der Waals surface area (Å²) in [5.74, 6) is 0.325. The van der Waals surface area contributed by atoms with Crippen LogP contribution in [-0.4, -0.2) is 10.2 Å². The van der Waals surface area contributed by atoms with Crippen molar-refractivity contribution in [2.75, 3.05) is 5.48 Å². The van der Waals surface area contributed by atoms with Crippen molar-refractivity contribution in [1.82, 2.24) is 4.98 Å². The monoisotopic (exact) mass is 142 g/mol. The highest BCUT2D eigenvalue weighted by Gasteiger charge is 2.04. The second-order valence-electron chi connectivity index (χ2n) is 2.34. The molecule has 0 aliphatic rings. The van der Waals surface area contributed by atoms with Crippen LogP contribution in [0.15, 0.2) is 10.7 Å². The Morgan fingerprint density at radius 2 is 2.40 bits per heavy atom. The van der Waals surface area contributed by atoms with E-state index in [-0.39, 0.29) is 6.01 Å². The molecule has 0 spiro atoms. The van der Waals surface area contributed by atoms with Gasteiger partial charge in [-0.25, -0.2) is 5.48 Å². The molecule has 0 amide bonds. The highest BCUT2D eigenvalue weighted by atomic mass is 16.5. The van der Waals surface area contributed by atoms with Crippen LogP contribution in [0.4, 0.5) is 6.01 Å². The Labute approximate surface area is 58.8 Å². The van der Waals surface area contributed by atoms with Crippen molar-refractivity contribution >= 4 is 6.01 Å². The van der Waals surface area contributed by atoms with Gasteiger partial charge >= 0.3 is 6.01 Å². The van der Waals surface area contributed by atoms with Crippen LogP contribution in [0.5, 0.6) is 0 Å². The zero-order chi connectivity index (χ0) is 7.56. The topological polar surface area (TPSA) is 58.3 Å². The van der Waals surface area contributed by atoms with Crippen LogP contribution in [0.3, 0.4) is 0 Å². The Hall–Kier alpha value is -1.03. The predicted octanol–water partition coefficient (Wildman–Crippen LogP) is 1.60. The maximum Gasteiger partial charge on any atom is 0.319 e. The van der Waals surface area contributed by atoms with Crippen LogP contribution in [0, 0.1) is 0 Å². The van der Waals surface area contributed by atoms with Gasteiger partial charge in [-0.15, -0.1) is 0 Å². The van der Waals surface area contributed by atoms with Crippen molar-refractivity contribution < 1.29 is 9.62 Å². The molecule has 0 saturated heterocycles. The van der Waals surface area contributed by atoms with E-state index >= 15 is 0 Å². The molecule has 0 saturated carbocycles. The van der Waals surface area contributed by atoms with Crippen molar-refractivity contribution in [3.05, 3.63) is 12.0 Å². The number of hydrogen-bond acceptors (Lipinski definition) is 4. The van der Waals surface area contributed by atoms with Gasteiger partial charge < -0.3 is 4.42 Å². The van der Waals surface area contributed by atoms with E-state index in [2.05, 4.69) is 4.98 Å². The second-order valence-corrected chi connectivity index (χ2v) is 2.34. The number of anilines is 1. The third-order valence-corrected chi connectivity index (χ3v) is 1.21. The van der Waals surface area contributed by atoms with E-state index in [1.54, 1.807) is 0 Å². The van der Waals surface area contributed by atoms with E-state index in [0.29, 0.717) is 5.92 Å². The lowest BCUT2D eigenvalue weighted by Crippen LogP contribution is -1.90. The third-order valence-electron chi connectivity index (χ3n) is 1.21. The molecule has 2 N–H and O–H groups in total. The molecule has 10 heavy (non-hydrogen) atoms. The molecule has 1 rings (SSSR count). The van der Waals surface area contributed by atoms with Crippen LogP contribution in [-0.2, 0) is 0 Å². The lowest BCUT2D eigenvalue weighted by atomic mass is 10.2. The molecule has 0 fully saturated rings. The van der Waals surface area contributed by atoms with Crippen molar-refractivity contribution in [1.29, 1.82) is 0 Å². The minimum atomic E-state index is 0.142. The van der Waals surface area contributed by atoms with E-state index in [9.17, 15) is 0 Å². The normalized spacial score (nSPS) is 10.4.